The van der Waals surface area contributed by atoms with Crippen molar-refractivity contribution < 1.29 is 4.79 Å². The molecule has 0 fully saturated rings. The van der Waals surface area contributed by atoms with Crippen LogP contribution in [0.15, 0.2) is 59.7 Å². The number of carbonyl (C=O) groups excluding carboxylic acids is 1. The molecule has 2 aromatic carbocycles. The lowest BCUT2D eigenvalue weighted by molar-refractivity contribution is 0.0955. The van der Waals surface area contributed by atoms with Gasteiger partial charge in [-0.05, 0) is 113 Å². The SMILES string of the molecule is CCCN1c2cc(C)c(/C=N\NC(=O)c3ccc(-n4c(C)ccc4C)cc3)cc2C(C)=CC1(C)C. The van der Waals surface area contributed by atoms with Gasteiger partial charge in [-0.3, -0.25) is 4.79 Å². The lowest BCUT2D eigenvalue weighted by atomic mass is 9.87. The highest BCUT2D eigenvalue weighted by atomic mass is 16.2. The summed E-state index contributed by atoms with van der Waals surface area (Å²) >= 11 is 0. The third-order valence-electron chi connectivity index (χ3n) is 6.84. The average molecular weight is 469 g/mol. The van der Waals surface area contributed by atoms with Gasteiger partial charge in [0.2, 0.25) is 0 Å². The van der Waals surface area contributed by atoms with Gasteiger partial charge >= 0.3 is 0 Å². The number of benzene rings is 2. The molecule has 0 spiro atoms. The summed E-state index contributed by atoms with van der Waals surface area (Å²) in [4.78, 5) is 15.2. The first kappa shape index (κ1) is 24.5. The Labute approximate surface area is 209 Å². The zero-order chi connectivity index (χ0) is 25.3. The number of hydrogen-bond acceptors (Lipinski definition) is 3. The Balaban J connectivity index is 1.51. The van der Waals surface area contributed by atoms with Crippen molar-refractivity contribution in [2.24, 2.45) is 5.10 Å². The fraction of sp³-hybridized carbons (Fsp3) is 0.333. The molecule has 0 radical (unpaired) electrons. The number of carbonyl (C=O) groups is 1. The maximum Gasteiger partial charge on any atom is 0.271 e. The molecule has 1 aromatic heterocycles. The number of anilines is 1. The van der Waals surface area contributed by atoms with Gasteiger partial charge in [-0.2, -0.15) is 5.10 Å². The van der Waals surface area contributed by atoms with Gasteiger partial charge in [-0.1, -0.05) is 13.0 Å². The minimum absolute atomic E-state index is 0.0165. The van der Waals surface area contributed by atoms with Crippen LogP contribution in [0.5, 0.6) is 0 Å². The molecule has 1 aliphatic rings. The van der Waals surface area contributed by atoms with E-state index < -0.39 is 0 Å². The maximum atomic E-state index is 12.7. The van der Waals surface area contributed by atoms with Crippen LogP contribution in [0, 0.1) is 20.8 Å². The van der Waals surface area contributed by atoms with Crippen molar-refractivity contribution in [1.29, 1.82) is 0 Å². The number of rotatable bonds is 6. The molecular weight excluding hydrogens is 432 g/mol. The molecule has 0 saturated carbocycles. The molecule has 35 heavy (non-hydrogen) atoms. The zero-order valence-corrected chi connectivity index (χ0v) is 21.9. The predicted molar refractivity (Wildman–Crippen MR) is 147 cm³/mol. The third-order valence-corrected chi connectivity index (χ3v) is 6.84. The summed E-state index contributed by atoms with van der Waals surface area (Å²) in [6.45, 7) is 16.2. The van der Waals surface area contributed by atoms with Gasteiger partial charge in [0.1, 0.15) is 0 Å². The van der Waals surface area contributed by atoms with Crippen LogP contribution in [0.2, 0.25) is 0 Å². The molecule has 5 heteroatoms. The van der Waals surface area contributed by atoms with E-state index in [0.717, 1.165) is 41.2 Å². The van der Waals surface area contributed by atoms with Gasteiger partial charge in [-0.15, -0.1) is 0 Å². The summed E-state index contributed by atoms with van der Waals surface area (Å²) < 4.78 is 2.16. The highest BCUT2D eigenvalue weighted by Crippen LogP contribution is 2.40. The first-order chi connectivity index (χ1) is 16.6. The van der Waals surface area contributed by atoms with Gasteiger partial charge in [-0.25, -0.2) is 5.43 Å². The number of nitrogens with zero attached hydrogens (tertiary/aromatic N) is 3. The third kappa shape index (κ3) is 4.81. The van der Waals surface area contributed by atoms with Crippen LogP contribution in [0.3, 0.4) is 0 Å². The summed E-state index contributed by atoms with van der Waals surface area (Å²) in [5.74, 6) is -0.226. The van der Waals surface area contributed by atoms with Gasteiger partial charge in [0, 0.05) is 40.4 Å². The van der Waals surface area contributed by atoms with Gasteiger partial charge < -0.3 is 9.47 Å². The Kier molecular flexibility index (Phi) is 6.70. The summed E-state index contributed by atoms with van der Waals surface area (Å²) in [5.41, 5.74) is 12.5. The van der Waals surface area contributed by atoms with E-state index in [9.17, 15) is 4.79 Å². The monoisotopic (exact) mass is 468 g/mol. The van der Waals surface area contributed by atoms with E-state index in [1.807, 2.05) is 24.3 Å². The van der Waals surface area contributed by atoms with Crippen LogP contribution in [0.1, 0.15) is 72.6 Å². The quantitative estimate of drug-likeness (QED) is 0.328. The van der Waals surface area contributed by atoms with Crippen molar-refractivity contribution in [3.8, 4) is 5.69 Å². The molecule has 182 valence electrons. The van der Waals surface area contributed by atoms with E-state index in [1.165, 1.54) is 16.8 Å². The highest BCUT2D eigenvalue weighted by Gasteiger charge is 2.31. The summed E-state index contributed by atoms with van der Waals surface area (Å²) in [7, 11) is 0. The molecule has 0 saturated heterocycles. The standard InChI is InChI=1S/C30H36N4O/c1-8-15-33-28-16-20(2)25(17-27(28)21(3)18-30(33,6)7)19-31-32-29(35)24-11-13-26(14-12-24)34-22(4)9-10-23(34)5/h9-14,16-19H,8,15H2,1-7H3,(H,32,35)/b31-19-. The lowest BCUT2D eigenvalue weighted by Gasteiger charge is -2.43. The van der Waals surface area contributed by atoms with E-state index in [0.29, 0.717) is 5.56 Å². The van der Waals surface area contributed by atoms with Crippen molar-refractivity contribution in [2.45, 2.75) is 60.4 Å². The normalized spacial score (nSPS) is 14.7. The van der Waals surface area contributed by atoms with Crippen LogP contribution >= 0.6 is 0 Å². The molecule has 0 aliphatic carbocycles. The molecule has 4 rings (SSSR count). The molecule has 5 nitrogen and oxygen atoms in total. The van der Waals surface area contributed by atoms with Crippen LogP contribution in [0.25, 0.3) is 11.3 Å². The number of aromatic nitrogens is 1. The fourth-order valence-corrected chi connectivity index (χ4v) is 5.08. The molecule has 0 unspecified atom stereocenters. The molecule has 0 atom stereocenters. The Morgan fingerprint density at radius 2 is 1.66 bits per heavy atom. The van der Waals surface area contributed by atoms with Crippen LogP contribution in [-0.2, 0) is 0 Å². The van der Waals surface area contributed by atoms with E-state index in [1.54, 1.807) is 6.21 Å². The minimum Gasteiger partial charge on any atom is -0.362 e. The van der Waals surface area contributed by atoms with Gasteiger partial charge in [0.05, 0.1) is 11.8 Å². The van der Waals surface area contributed by atoms with E-state index in [2.05, 4.69) is 98.8 Å². The number of allylic oxidation sites excluding steroid dienone is 1. The molecule has 2 heterocycles. The summed E-state index contributed by atoms with van der Waals surface area (Å²) in [5, 5.41) is 4.27. The number of nitrogens with one attached hydrogen (secondary N) is 1. The average Bonchev–Trinajstić information content (AvgIpc) is 3.15. The number of hydrogen-bond donors (Lipinski definition) is 1. The number of fused-ring (bicyclic) bond motifs is 1. The molecule has 0 bridgehead atoms. The Morgan fingerprint density at radius 1 is 1.00 bits per heavy atom. The van der Waals surface area contributed by atoms with Crippen molar-refractivity contribution in [1.82, 2.24) is 9.99 Å². The Bertz CT molecular complexity index is 1290. The molecule has 1 N–H and O–H groups in total. The highest BCUT2D eigenvalue weighted by molar-refractivity contribution is 5.95. The Morgan fingerprint density at radius 3 is 2.29 bits per heavy atom. The summed E-state index contributed by atoms with van der Waals surface area (Å²) in [6.07, 6.45) is 5.17. The van der Waals surface area contributed by atoms with E-state index in [4.69, 9.17) is 0 Å². The fourth-order valence-electron chi connectivity index (χ4n) is 5.08. The zero-order valence-electron chi connectivity index (χ0n) is 21.9. The van der Waals surface area contributed by atoms with E-state index >= 15 is 0 Å². The first-order valence-corrected chi connectivity index (χ1v) is 12.3. The molecular formula is C30H36N4O. The maximum absolute atomic E-state index is 12.7. The van der Waals surface area contributed by atoms with Crippen LogP contribution in [-0.4, -0.2) is 28.8 Å². The number of hydrazone groups is 1. The van der Waals surface area contributed by atoms with Crippen molar-refractivity contribution in [3.05, 3.63) is 88.2 Å². The predicted octanol–water partition coefficient (Wildman–Crippen LogP) is 6.58. The van der Waals surface area contributed by atoms with Gasteiger partial charge in [0.15, 0.2) is 0 Å². The lowest BCUT2D eigenvalue weighted by Crippen LogP contribution is -2.45. The number of amides is 1. The van der Waals surface area contributed by atoms with Crippen LogP contribution < -0.4 is 10.3 Å². The smallest absolute Gasteiger partial charge is 0.271 e. The molecule has 1 aliphatic heterocycles. The second-order valence-electron chi connectivity index (χ2n) is 10.1. The number of aryl methyl sites for hydroxylation is 3. The second-order valence-corrected chi connectivity index (χ2v) is 10.1. The minimum atomic E-state index is -0.226. The van der Waals surface area contributed by atoms with Crippen molar-refractivity contribution >= 4 is 23.4 Å². The summed E-state index contributed by atoms with van der Waals surface area (Å²) in [6, 6.07) is 16.2. The van der Waals surface area contributed by atoms with Crippen molar-refractivity contribution in [3.63, 3.8) is 0 Å². The van der Waals surface area contributed by atoms with E-state index in [-0.39, 0.29) is 11.4 Å². The van der Waals surface area contributed by atoms with Gasteiger partial charge in [0.25, 0.3) is 5.91 Å². The van der Waals surface area contributed by atoms with Crippen LogP contribution in [0.4, 0.5) is 5.69 Å². The largest absolute Gasteiger partial charge is 0.362 e. The topological polar surface area (TPSA) is 49.6 Å². The first-order valence-electron chi connectivity index (χ1n) is 12.3. The molecule has 3 aromatic rings. The Hall–Kier alpha value is -3.60. The van der Waals surface area contributed by atoms with Crippen molar-refractivity contribution in [2.75, 3.05) is 11.4 Å². The molecule has 1 amide bonds. The second kappa shape index (κ2) is 9.57.